The highest BCUT2D eigenvalue weighted by molar-refractivity contribution is 6.17. The van der Waals surface area contributed by atoms with Gasteiger partial charge >= 0.3 is 5.97 Å². The second-order valence-electron chi connectivity index (χ2n) is 5.70. The molecule has 0 radical (unpaired) electrons. The number of Topliss-reactive ketones (excluding diaryl/α,β-unsaturated/α-hetero) is 1. The molecule has 0 fully saturated rings. The molecule has 2 N–H and O–H groups in total. The van der Waals surface area contributed by atoms with E-state index in [1.54, 1.807) is 6.92 Å². The minimum absolute atomic E-state index is 0.0511. The summed E-state index contributed by atoms with van der Waals surface area (Å²) >= 11 is 0. The molecule has 1 atom stereocenters. The van der Waals surface area contributed by atoms with Gasteiger partial charge in [0.1, 0.15) is 11.2 Å². The Morgan fingerprint density at radius 3 is 2.45 bits per heavy atom. The Kier molecular flexibility index (Phi) is 3.83. The summed E-state index contributed by atoms with van der Waals surface area (Å²) in [5, 5.41) is 11.9. The van der Waals surface area contributed by atoms with Crippen molar-refractivity contribution < 1.29 is 19.5 Å². The van der Waals surface area contributed by atoms with E-state index in [2.05, 4.69) is 15.3 Å². The largest absolute Gasteiger partial charge is 0.478 e. The molecule has 1 unspecified atom stereocenters. The van der Waals surface area contributed by atoms with Gasteiger partial charge in [0.05, 0.1) is 5.56 Å². The average Bonchev–Trinajstić information content (AvgIpc) is 2.75. The van der Waals surface area contributed by atoms with Crippen LogP contribution in [-0.4, -0.2) is 39.1 Å². The molecule has 2 heterocycles. The molecule has 116 valence electrons. The lowest BCUT2D eigenvalue weighted by Crippen LogP contribution is -2.41. The van der Waals surface area contributed by atoms with Crippen LogP contribution in [0, 0.1) is 5.92 Å². The molecule has 1 aromatic heterocycles. The number of ketones is 1. The molecule has 7 heteroatoms. The van der Waals surface area contributed by atoms with Gasteiger partial charge in [0.2, 0.25) is 0 Å². The second kappa shape index (κ2) is 5.32. The van der Waals surface area contributed by atoms with Crippen molar-refractivity contribution in [1.82, 2.24) is 10.3 Å². The maximum absolute atomic E-state index is 12.1. The first-order valence-electron chi connectivity index (χ1n) is 6.82. The minimum atomic E-state index is -1.24. The van der Waals surface area contributed by atoms with Crippen molar-refractivity contribution in [2.75, 3.05) is 0 Å². The van der Waals surface area contributed by atoms with Crippen molar-refractivity contribution in [3.63, 3.8) is 0 Å². The van der Waals surface area contributed by atoms with Crippen LogP contribution in [0.25, 0.3) is 0 Å². The summed E-state index contributed by atoms with van der Waals surface area (Å²) < 4.78 is 0. The van der Waals surface area contributed by atoms with E-state index in [1.165, 1.54) is 19.2 Å². The molecule has 22 heavy (non-hydrogen) atoms. The van der Waals surface area contributed by atoms with Crippen molar-refractivity contribution in [2.24, 2.45) is 10.9 Å². The number of hydrogen-bond donors (Lipinski definition) is 2. The van der Waals surface area contributed by atoms with E-state index < -0.39 is 11.5 Å². The Labute approximate surface area is 127 Å². The summed E-state index contributed by atoms with van der Waals surface area (Å²) in [6.45, 7) is 6.73. The number of carboxylic acids is 1. The van der Waals surface area contributed by atoms with Crippen LogP contribution < -0.4 is 5.32 Å². The molecule has 0 aromatic carbocycles. The molecule has 0 aliphatic carbocycles. The van der Waals surface area contributed by atoms with E-state index in [4.69, 9.17) is 0 Å². The predicted molar refractivity (Wildman–Crippen MR) is 79.1 cm³/mol. The Balaban J connectivity index is 2.57. The molecule has 0 bridgehead atoms. The van der Waals surface area contributed by atoms with Gasteiger partial charge in [0.15, 0.2) is 11.6 Å². The van der Waals surface area contributed by atoms with E-state index in [0.717, 1.165) is 0 Å². The topological polar surface area (TPSA) is 109 Å². The maximum Gasteiger partial charge on any atom is 0.338 e. The summed E-state index contributed by atoms with van der Waals surface area (Å²) in [6, 6.07) is 1.24. The number of hydrogen-bond acceptors (Lipinski definition) is 5. The van der Waals surface area contributed by atoms with Crippen LogP contribution in [0.15, 0.2) is 17.3 Å². The van der Waals surface area contributed by atoms with Crippen LogP contribution in [0.3, 0.4) is 0 Å². The Morgan fingerprint density at radius 2 is 2.00 bits per heavy atom. The number of rotatable bonds is 4. The predicted octanol–water partition coefficient (Wildman–Crippen LogP) is 1.27. The van der Waals surface area contributed by atoms with Crippen LogP contribution in [0.4, 0.5) is 0 Å². The van der Waals surface area contributed by atoms with Crippen LogP contribution >= 0.6 is 0 Å². The average molecular weight is 303 g/mol. The fourth-order valence-electron chi connectivity index (χ4n) is 2.06. The van der Waals surface area contributed by atoms with Gasteiger partial charge in [0, 0.05) is 11.8 Å². The van der Waals surface area contributed by atoms with Crippen LogP contribution in [0.5, 0.6) is 0 Å². The van der Waals surface area contributed by atoms with Crippen molar-refractivity contribution in [1.29, 1.82) is 0 Å². The van der Waals surface area contributed by atoms with Crippen LogP contribution in [0.2, 0.25) is 0 Å². The number of pyridine rings is 1. The highest BCUT2D eigenvalue weighted by atomic mass is 16.4. The second-order valence-corrected chi connectivity index (χ2v) is 5.70. The van der Waals surface area contributed by atoms with Crippen LogP contribution in [-0.2, 0) is 4.79 Å². The van der Waals surface area contributed by atoms with E-state index >= 15 is 0 Å². The number of carboxylic acid groups (broad SMARTS) is 1. The molecule has 1 aliphatic rings. The molecule has 0 saturated carbocycles. The number of carbonyl (C=O) groups excluding carboxylic acids is 2. The zero-order chi connectivity index (χ0) is 16.7. The van der Waals surface area contributed by atoms with Crippen molar-refractivity contribution in [2.45, 2.75) is 33.2 Å². The number of aliphatic imine (C=N–C) groups is 1. The minimum Gasteiger partial charge on any atom is -0.478 e. The van der Waals surface area contributed by atoms with Gasteiger partial charge < -0.3 is 10.4 Å². The SMILES string of the molecule is CC(=O)c1cnc(C2=NC(C)(C(C)C)C(=O)N2)c(C(=O)O)c1. The summed E-state index contributed by atoms with van der Waals surface area (Å²) in [4.78, 5) is 43.2. The number of amides is 1. The first kappa shape index (κ1) is 15.8. The van der Waals surface area contributed by atoms with E-state index in [9.17, 15) is 19.5 Å². The standard InChI is InChI=1S/C15H17N3O4/c1-7(2)15(4)14(22)17-12(18-15)11-10(13(20)21)5-9(6-16-11)8(3)19/h5-7H,1-4H3,(H,20,21)(H,17,18,22). The van der Waals surface area contributed by atoms with Crippen molar-refractivity contribution in [3.8, 4) is 0 Å². The maximum atomic E-state index is 12.1. The Morgan fingerprint density at radius 1 is 1.36 bits per heavy atom. The number of aromatic carboxylic acids is 1. The van der Waals surface area contributed by atoms with Gasteiger partial charge in [-0.15, -0.1) is 0 Å². The molecule has 7 nitrogen and oxygen atoms in total. The number of nitrogens with one attached hydrogen (secondary N) is 1. The summed E-state index contributed by atoms with van der Waals surface area (Å²) in [5.41, 5.74) is -0.890. The lowest BCUT2D eigenvalue weighted by atomic mass is 9.89. The van der Waals surface area contributed by atoms with Crippen molar-refractivity contribution in [3.05, 3.63) is 29.1 Å². The zero-order valence-corrected chi connectivity index (χ0v) is 12.8. The number of nitrogens with zero attached hydrogens (tertiary/aromatic N) is 2. The van der Waals surface area contributed by atoms with Gasteiger partial charge in [-0.05, 0) is 25.8 Å². The van der Waals surface area contributed by atoms with Gasteiger partial charge in [0.25, 0.3) is 5.91 Å². The van der Waals surface area contributed by atoms with Crippen LogP contribution in [0.1, 0.15) is 54.1 Å². The fourth-order valence-corrected chi connectivity index (χ4v) is 2.06. The molecule has 1 aromatic rings. The molecule has 1 amide bonds. The number of aromatic nitrogens is 1. The smallest absolute Gasteiger partial charge is 0.338 e. The summed E-state index contributed by atoms with van der Waals surface area (Å²) in [6.07, 6.45) is 1.28. The highest BCUT2D eigenvalue weighted by Crippen LogP contribution is 2.27. The fraction of sp³-hybridized carbons (Fsp3) is 0.400. The molecule has 0 spiro atoms. The van der Waals surface area contributed by atoms with E-state index in [0.29, 0.717) is 0 Å². The quantitative estimate of drug-likeness (QED) is 0.814. The van der Waals surface area contributed by atoms with Crippen molar-refractivity contribution >= 4 is 23.5 Å². The molecule has 1 aliphatic heterocycles. The molecule has 0 saturated heterocycles. The number of carbonyl (C=O) groups is 3. The summed E-state index contributed by atoms with van der Waals surface area (Å²) in [7, 11) is 0. The highest BCUT2D eigenvalue weighted by Gasteiger charge is 2.43. The first-order valence-corrected chi connectivity index (χ1v) is 6.82. The Bertz CT molecular complexity index is 709. The third-order valence-corrected chi connectivity index (χ3v) is 3.91. The zero-order valence-electron chi connectivity index (χ0n) is 12.8. The lowest BCUT2D eigenvalue weighted by Gasteiger charge is -2.21. The molecular formula is C15H17N3O4. The Hall–Kier alpha value is -2.57. The van der Waals surface area contributed by atoms with E-state index in [-0.39, 0.29) is 40.3 Å². The first-order chi connectivity index (χ1) is 10.2. The third-order valence-electron chi connectivity index (χ3n) is 3.91. The summed E-state index contributed by atoms with van der Waals surface area (Å²) in [5.74, 6) is -1.76. The molecular weight excluding hydrogens is 286 g/mol. The lowest BCUT2D eigenvalue weighted by molar-refractivity contribution is -0.124. The normalized spacial score (nSPS) is 20.8. The van der Waals surface area contributed by atoms with Gasteiger partial charge in [-0.2, -0.15) is 0 Å². The monoisotopic (exact) mass is 303 g/mol. The van der Waals surface area contributed by atoms with Gasteiger partial charge in [-0.3, -0.25) is 14.6 Å². The third kappa shape index (κ3) is 2.49. The van der Waals surface area contributed by atoms with E-state index in [1.807, 2.05) is 13.8 Å². The number of amidine groups is 1. The molecule has 2 rings (SSSR count). The van der Waals surface area contributed by atoms with Gasteiger partial charge in [-0.25, -0.2) is 9.79 Å². The van der Waals surface area contributed by atoms with Gasteiger partial charge in [-0.1, -0.05) is 13.8 Å².